The summed E-state index contributed by atoms with van der Waals surface area (Å²) < 4.78 is 10.5. The first-order valence-corrected chi connectivity index (χ1v) is 8.01. The molecule has 3 heterocycles. The molecule has 4 aromatic rings. The van der Waals surface area contributed by atoms with Crippen LogP contribution in [0.1, 0.15) is 11.4 Å². The molecule has 1 aromatic carbocycles. The smallest absolute Gasteiger partial charge is 0.258 e. The molecule has 0 aliphatic carbocycles. The fourth-order valence-electron chi connectivity index (χ4n) is 2.91. The summed E-state index contributed by atoms with van der Waals surface area (Å²) in [4.78, 5) is 28.4. The van der Waals surface area contributed by atoms with Crippen molar-refractivity contribution in [1.29, 1.82) is 0 Å². The molecule has 7 nitrogen and oxygen atoms in total. The fourth-order valence-corrected chi connectivity index (χ4v) is 2.91. The summed E-state index contributed by atoms with van der Waals surface area (Å²) in [6, 6.07) is 7.19. The van der Waals surface area contributed by atoms with Gasteiger partial charge < -0.3 is 14.5 Å². The fraction of sp³-hybridized carbons (Fsp3) is 0.158. The van der Waals surface area contributed by atoms with Crippen LogP contribution >= 0.6 is 0 Å². The molecule has 26 heavy (non-hydrogen) atoms. The lowest BCUT2D eigenvalue weighted by Crippen LogP contribution is -2.12. The van der Waals surface area contributed by atoms with Crippen molar-refractivity contribution in [1.82, 2.24) is 19.9 Å². The van der Waals surface area contributed by atoms with Crippen molar-refractivity contribution in [2.45, 2.75) is 6.42 Å². The molecule has 0 amide bonds. The van der Waals surface area contributed by atoms with Crippen molar-refractivity contribution in [2.75, 3.05) is 14.2 Å². The van der Waals surface area contributed by atoms with Crippen LogP contribution in [-0.2, 0) is 6.42 Å². The van der Waals surface area contributed by atoms with Gasteiger partial charge in [-0.3, -0.25) is 14.8 Å². The topological polar surface area (TPSA) is 90.0 Å². The molecule has 0 unspecified atom stereocenters. The molecule has 4 rings (SSSR count). The lowest BCUT2D eigenvalue weighted by atomic mass is 10.1. The zero-order valence-electron chi connectivity index (χ0n) is 14.3. The number of methoxy groups -OCH3 is 2. The van der Waals surface area contributed by atoms with Crippen molar-refractivity contribution in [3.63, 3.8) is 0 Å². The van der Waals surface area contributed by atoms with Gasteiger partial charge in [-0.15, -0.1) is 0 Å². The van der Waals surface area contributed by atoms with E-state index in [-0.39, 0.29) is 5.56 Å². The minimum absolute atomic E-state index is 0.221. The molecular weight excluding hydrogens is 332 g/mol. The van der Waals surface area contributed by atoms with Crippen molar-refractivity contribution < 1.29 is 9.47 Å². The van der Waals surface area contributed by atoms with Gasteiger partial charge in [0.05, 0.1) is 30.6 Å². The number of nitrogens with one attached hydrogen (secondary N) is 1. The maximum absolute atomic E-state index is 12.5. The zero-order valence-corrected chi connectivity index (χ0v) is 14.3. The van der Waals surface area contributed by atoms with Crippen LogP contribution in [0.25, 0.3) is 21.8 Å². The monoisotopic (exact) mass is 348 g/mol. The highest BCUT2D eigenvalue weighted by Crippen LogP contribution is 2.30. The molecule has 7 heteroatoms. The Balaban J connectivity index is 1.77. The molecule has 0 fully saturated rings. The Kier molecular flexibility index (Phi) is 3.96. The van der Waals surface area contributed by atoms with E-state index in [4.69, 9.17) is 9.47 Å². The van der Waals surface area contributed by atoms with Crippen LogP contribution in [0.15, 0.2) is 47.7 Å². The van der Waals surface area contributed by atoms with E-state index in [1.807, 2.05) is 12.1 Å². The van der Waals surface area contributed by atoms with Crippen LogP contribution in [-0.4, -0.2) is 34.2 Å². The summed E-state index contributed by atoms with van der Waals surface area (Å²) in [6.07, 6.45) is 5.71. The van der Waals surface area contributed by atoms with Gasteiger partial charge in [-0.25, -0.2) is 4.98 Å². The Hall–Kier alpha value is -3.48. The molecule has 0 aliphatic rings. The summed E-state index contributed by atoms with van der Waals surface area (Å²) in [5, 5.41) is 1.40. The van der Waals surface area contributed by atoms with E-state index in [1.165, 1.54) is 7.11 Å². The molecule has 3 aromatic heterocycles. The van der Waals surface area contributed by atoms with Crippen LogP contribution < -0.4 is 15.0 Å². The first-order valence-electron chi connectivity index (χ1n) is 8.01. The second-order valence-electron chi connectivity index (χ2n) is 5.83. The molecule has 0 saturated carbocycles. The molecular formula is C19H16N4O3. The summed E-state index contributed by atoms with van der Waals surface area (Å²) in [5.41, 5.74) is 2.15. The Labute approximate surface area is 148 Å². The highest BCUT2D eigenvalue weighted by atomic mass is 16.5. The molecule has 0 bridgehead atoms. The summed E-state index contributed by atoms with van der Waals surface area (Å²) >= 11 is 0. The van der Waals surface area contributed by atoms with Gasteiger partial charge in [-0.2, -0.15) is 0 Å². The molecule has 0 aliphatic heterocycles. The van der Waals surface area contributed by atoms with Gasteiger partial charge in [0.15, 0.2) is 11.5 Å². The van der Waals surface area contributed by atoms with E-state index in [1.54, 1.807) is 37.8 Å². The van der Waals surface area contributed by atoms with Crippen molar-refractivity contribution >= 4 is 21.8 Å². The Morgan fingerprint density at radius 1 is 1.04 bits per heavy atom. The molecule has 0 saturated heterocycles. The Bertz CT molecular complexity index is 1170. The van der Waals surface area contributed by atoms with Gasteiger partial charge in [0.25, 0.3) is 5.56 Å². The highest BCUT2D eigenvalue weighted by Gasteiger charge is 2.11. The van der Waals surface area contributed by atoms with E-state index in [0.717, 1.165) is 16.5 Å². The maximum atomic E-state index is 12.5. The van der Waals surface area contributed by atoms with Gasteiger partial charge >= 0.3 is 0 Å². The first kappa shape index (κ1) is 16.0. The number of ether oxygens (including phenoxy) is 2. The quantitative estimate of drug-likeness (QED) is 0.609. The molecule has 130 valence electrons. The number of fused-ring (bicyclic) bond motifs is 2. The number of pyridine rings is 2. The van der Waals surface area contributed by atoms with Crippen molar-refractivity contribution in [3.05, 3.63) is 64.6 Å². The summed E-state index contributed by atoms with van der Waals surface area (Å²) in [5.74, 6) is 1.58. The van der Waals surface area contributed by atoms with E-state index in [9.17, 15) is 4.79 Å². The van der Waals surface area contributed by atoms with Crippen LogP contribution in [0.2, 0.25) is 0 Å². The number of aromatic amines is 1. The molecule has 0 spiro atoms. The van der Waals surface area contributed by atoms with Crippen LogP contribution in [0, 0.1) is 0 Å². The average molecular weight is 348 g/mol. The maximum Gasteiger partial charge on any atom is 0.258 e. The number of benzene rings is 1. The largest absolute Gasteiger partial charge is 0.493 e. The minimum Gasteiger partial charge on any atom is -0.493 e. The summed E-state index contributed by atoms with van der Waals surface area (Å²) in [6.45, 7) is 0. The predicted octanol–water partition coefficient (Wildman–Crippen LogP) is 2.47. The molecule has 1 N–H and O–H groups in total. The first-order chi connectivity index (χ1) is 12.7. The Morgan fingerprint density at radius 2 is 1.85 bits per heavy atom. The van der Waals surface area contributed by atoms with Crippen molar-refractivity contribution in [3.8, 4) is 11.5 Å². The van der Waals surface area contributed by atoms with Gasteiger partial charge in [0.1, 0.15) is 5.82 Å². The number of aromatic nitrogens is 4. The van der Waals surface area contributed by atoms with Crippen LogP contribution in [0.5, 0.6) is 11.5 Å². The van der Waals surface area contributed by atoms with Crippen LogP contribution in [0.3, 0.4) is 0 Å². The average Bonchev–Trinajstić information content (AvgIpc) is 2.67. The van der Waals surface area contributed by atoms with E-state index >= 15 is 0 Å². The second-order valence-corrected chi connectivity index (χ2v) is 5.83. The molecule has 0 atom stereocenters. The number of hydrogen-bond donors (Lipinski definition) is 1. The minimum atomic E-state index is -0.221. The van der Waals surface area contributed by atoms with Gasteiger partial charge in [-0.05, 0) is 23.8 Å². The zero-order chi connectivity index (χ0) is 18.1. The highest BCUT2D eigenvalue weighted by molar-refractivity contribution is 5.82. The second kappa shape index (κ2) is 6.44. The third-order valence-electron chi connectivity index (χ3n) is 4.17. The third-order valence-corrected chi connectivity index (χ3v) is 4.17. The van der Waals surface area contributed by atoms with Crippen LogP contribution in [0.4, 0.5) is 0 Å². The normalized spacial score (nSPS) is 11.0. The predicted molar refractivity (Wildman–Crippen MR) is 97.8 cm³/mol. The van der Waals surface area contributed by atoms with E-state index in [0.29, 0.717) is 34.6 Å². The lowest BCUT2D eigenvalue weighted by Gasteiger charge is -2.09. The summed E-state index contributed by atoms with van der Waals surface area (Å²) in [7, 11) is 3.08. The Morgan fingerprint density at radius 3 is 2.65 bits per heavy atom. The van der Waals surface area contributed by atoms with Gasteiger partial charge in [-0.1, -0.05) is 0 Å². The molecule has 0 radical (unpaired) electrons. The van der Waals surface area contributed by atoms with E-state index in [2.05, 4.69) is 19.9 Å². The number of hydrogen-bond acceptors (Lipinski definition) is 6. The standard InChI is InChI=1S/C19H16N4O3/c1-25-16-7-13-15(8-17(16)26-2)22-18(23-19(13)24)6-11-5-12-10-20-4-3-14(12)21-9-11/h3-5,7-10H,6H2,1-2H3,(H,22,23,24). The van der Waals surface area contributed by atoms with Gasteiger partial charge in [0.2, 0.25) is 0 Å². The van der Waals surface area contributed by atoms with Crippen molar-refractivity contribution in [2.24, 2.45) is 0 Å². The lowest BCUT2D eigenvalue weighted by molar-refractivity contribution is 0.355. The number of rotatable bonds is 4. The number of nitrogens with zero attached hydrogens (tertiary/aromatic N) is 3. The number of H-pyrrole nitrogens is 1. The third kappa shape index (κ3) is 2.83. The SMILES string of the molecule is COc1cc2nc(Cc3cnc4ccncc4c3)[nH]c(=O)c2cc1OC. The van der Waals surface area contributed by atoms with E-state index < -0.39 is 0 Å². The van der Waals surface area contributed by atoms with Gasteiger partial charge in [0, 0.05) is 36.5 Å².